The molecule has 7 nitrogen and oxygen atoms in total. The number of hydrogen-bond donors (Lipinski definition) is 1. The number of nitrogens with zero attached hydrogens (tertiary/aromatic N) is 2. The normalized spacial score (nSPS) is 10.4. The molecule has 7 heteroatoms. The van der Waals surface area contributed by atoms with Gasteiger partial charge in [0, 0.05) is 6.54 Å². The number of ether oxygens (including phenoxy) is 2. The lowest BCUT2D eigenvalue weighted by Gasteiger charge is -2.13. The van der Waals surface area contributed by atoms with Gasteiger partial charge in [0.25, 0.3) is 5.91 Å². The molecule has 28 heavy (non-hydrogen) atoms. The summed E-state index contributed by atoms with van der Waals surface area (Å²) in [6, 6.07) is 16.0. The predicted octanol–water partition coefficient (Wildman–Crippen LogP) is 2.49. The van der Waals surface area contributed by atoms with Crippen molar-refractivity contribution in [2.45, 2.75) is 13.5 Å². The summed E-state index contributed by atoms with van der Waals surface area (Å²) in [5.74, 6) is 0.365. The Morgan fingerprint density at radius 3 is 2.43 bits per heavy atom. The zero-order chi connectivity index (χ0) is 20.1. The zero-order valence-corrected chi connectivity index (χ0v) is 15.9. The van der Waals surface area contributed by atoms with E-state index < -0.39 is 11.3 Å². The number of amides is 1. The molecule has 144 valence electrons. The van der Waals surface area contributed by atoms with Gasteiger partial charge in [-0.05, 0) is 42.3 Å². The average Bonchev–Trinajstić information content (AvgIpc) is 2.72. The van der Waals surface area contributed by atoms with Crippen LogP contribution in [0.15, 0.2) is 59.4 Å². The molecule has 0 aliphatic carbocycles. The molecule has 0 aliphatic rings. The van der Waals surface area contributed by atoms with E-state index in [1.807, 2.05) is 31.2 Å². The van der Waals surface area contributed by atoms with E-state index in [9.17, 15) is 9.59 Å². The second kappa shape index (κ2) is 8.39. The number of carbonyl (C=O) groups excluding carboxylic acids is 1. The summed E-state index contributed by atoms with van der Waals surface area (Å²) in [6.07, 6.45) is 0. The largest absolute Gasteiger partial charge is 0.497 e. The van der Waals surface area contributed by atoms with Crippen molar-refractivity contribution in [3.8, 4) is 17.3 Å². The summed E-state index contributed by atoms with van der Waals surface area (Å²) >= 11 is 0. The quantitative estimate of drug-likeness (QED) is 0.712. The molecule has 3 aromatic rings. The maximum absolute atomic E-state index is 12.6. The lowest BCUT2D eigenvalue weighted by atomic mass is 10.1. The SMILES string of the molecule is COc1ccc(-n2nc(C(=O)NCc3ccccc3C)c(=O)cc2OC)cc1. The zero-order valence-electron chi connectivity index (χ0n) is 15.9. The second-order valence-electron chi connectivity index (χ2n) is 6.12. The standard InChI is InChI=1S/C21H21N3O4/c1-14-6-4-5-7-15(14)13-22-21(26)20-18(25)12-19(28-3)24(23-20)16-8-10-17(27-2)11-9-16/h4-12H,13H2,1-3H3,(H,22,26). The van der Waals surface area contributed by atoms with Crippen molar-refractivity contribution < 1.29 is 14.3 Å². The van der Waals surface area contributed by atoms with E-state index in [1.54, 1.807) is 31.4 Å². The number of rotatable bonds is 6. The minimum Gasteiger partial charge on any atom is -0.497 e. The highest BCUT2D eigenvalue weighted by Crippen LogP contribution is 2.18. The molecule has 0 aliphatic heterocycles. The smallest absolute Gasteiger partial charge is 0.276 e. The molecule has 0 bridgehead atoms. The van der Waals surface area contributed by atoms with Gasteiger partial charge in [0.15, 0.2) is 5.69 Å². The Morgan fingerprint density at radius 1 is 1.07 bits per heavy atom. The first-order valence-corrected chi connectivity index (χ1v) is 8.69. The number of benzene rings is 2. The van der Waals surface area contributed by atoms with Crippen molar-refractivity contribution in [1.82, 2.24) is 15.1 Å². The van der Waals surface area contributed by atoms with E-state index in [4.69, 9.17) is 9.47 Å². The van der Waals surface area contributed by atoms with E-state index in [0.717, 1.165) is 11.1 Å². The molecule has 1 amide bonds. The fourth-order valence-electron chi connectivity index (χ4n) is 2.72. The Morgan fingerprint density at radius 2 is 1.79 bits per heavy atom. The molecule has 1 aromatic heterocycles. The molecule has 1 N–H and O–H groups in total. The van der Waals surface area contributed by atoms with Crippen LogP contribution in [0.1, 0.15) is 21.6 Å². The Labute approximate surface area is 162 Å². The van der Waals surface area contributed by atoms with Gasteiger partial charge in [-0.25, -0.2) is 4.68 Å². The van der Waals surface area contributed by atoms with Crippen LogP contribution in [-0.4, -0.2) is 29.9 Å². The molecule has 0 unspecified atom stereocenters. The van der Waals surface area contributed by atoms with E-state index >= 15 is 0 Å². The average molecular weight is 379 g/mol. The van der Waals surface area contributed by atoms with Gasteiger partial charge >= 0.3 is 0 Å². The van der Waals surface area contributed by atoms with Crippen molar-refractivity contribution in [3.05, 3.63) is 81.6 Å². The molecule has 3 rings (SSSR count). The van der Waals surface area contributed by atoms with Gasteiger partial charge < -0.3 is 14.8 Å². The molecule has 0 saturated heterocycles. The Hall–Kier alpha value is -3.61. The van der Waals surface area contributed by atoms with E-state index in [1.165, 1.54) is 17.9 Å². The second-order valence-corrected chi connectivity index (χ2v) is 6.12. The summed E-state index contributed by atoms with van der Waals surface area (Å²) in [4.78, 5) is 25.0. The van der Waals surface area contributed by atoms with Gasteiger partial charge in [-0.3, -0.25) is 9.59 Å². The fourth-order valence-corrected chi connectivity index (χ4v) is 2.72. The summed E-state index contributed by atoms with van der Waals surface area (Å²) in [7, 11) is 3.01. The summed E-state index contributed by atoms with van der Waals surface area (Å²) in [5, 5.41) is 6.99. The third-order valence-corrected chi connectivity index (χ3v) is 4.34. The molecule has 2 aromatic carbocycles. The van der Waals surface area contributed by atoms with Crippen LogP contribution in [0.2, 0.25) is 0 Å². The van der Waals surface area contributed by atoms with Crippen molar-refractivity contribution in [1.29, 1.82) is 0 Å². The Balaban J connectivity index is 1.91. The van der Waals surface area contributed by atoms with Gasteiger partial charge in [0.2, 0.25) is 11.3 Å². The predicted molar refractivity (Wildman–Crippen MR) is 105 cm³/mol. The van der Waals surface area contributed by atoms with Crippen LogP contribution in [-0.2, 0) is 6.54 Å². The highest BCUT2D eigenvalue weighted by atomic mass is 16.5. The molecule has 0 spiro atoms. The minimum absolute atomic E-state index is 0.204. The molecule has 1 heterocycles. The van der Waals surface area contributed by atoms with Gasteiger partial charge in [-0.2, -0.15) is 5.10 Å². The molecular formula is C21H21N3O4. The van der Waals surface area contributed by atoms with Crippen LogP contribution in [0.4, 0.5) is 0 Å². The Kier molecular flexibility index (Phi) is 5.74. The summed E-state index contributed by atoms with van der Waals surface area (Å²) < 4.78 is 11.8. The monoisotopic (exact) mass is 379 g/mol. The molecule has 0 saturated carbocycles. The molecule has 0 fully saturated rings. The molecular weight excluding hydrogens is 358 g/mol. The van der Waals surface area contributed by atoms with Crippen LogP contribution < -0.4 is 20.2 Å². The van der Waals surface area contributed by atoms with Gasteiger partial charge in [0.1, 0.15) is 5.75 Å². The highest BCUT2D eigenvalue weighted by molar-refractivity contribution is 5.92. The van der Waals surface area contributed by atoms with Crippen LogP contribution in [0.5, 0.6) is 11.6 Å². The summed E-state index contributed by atoms with van der Waals surface area (Å²) in [6.45, 7) is 2.27. The number of carbonyl (C=O) groups is 1. The van der Waals surface area contributed by atoms with Crippen LogP contribution in [0.3, 0.4) is 0 Å². The van der Waals surface area contributed by atoms with Gasteiger partial charge in [-0.1, -0.05) is 24.3 Å². The number of methoxy groups -OCH3 is 2. The number of aryl methyl sites for hydroxylation is 1. The van der Waals surface area contributed by atoms with Gasteiger partial charge in [0.05, 0.1) is 26.0 Å². The topological polar surface area (TPSA) is 82.5 Å². The first-order chi connectivity index (χ1) is 13.5. The number of aromatic nitrogens is 2. The third kappa shape index (κ3) is 4.03. The summed E-state index contributed by atoms with van der Waals surface area (Å²) in [5.41, 5.74) is 1.95. The van der Waals surface area contributed by atoms with Crippen molar-refractivity contribution in [2.24, 2.45) is 0 Å². The lowest BCUT2D eigenvalue weighted by Crippen LogP contribution is -2.31. The van der Waals surface area contributed by atoms with Crippen molar-refractivity contribution in [3.63, 3.8) is 0 Å². The van der Waals surface area contributed by atoms with Gasteiger partial charge in [-0.15, -0.1) is 0 Å². The molecule has 0 radical (unpaired) electrons. The van der Waals surface area contributed by atoms with Crippen LogP contribution in [0.25, 0.3) is 5.69 Å². The lowest BCUT2D eigenvalue weighted by molar-refractivity contribution is 0.0942. The van der Waals surface area contributed by atoms with E-state index in [2.05, 4.69) is 10.4 Å². The highest BCUT2D eigenvalue weighted by Gasteiger charge is 2.17. The number of nitrogens with one attached hydrogen (secondary N) is 1. The van der Waals surface area contributed by atoms with Crippen LogP contribution in [0, 0.1) is 6.92 Å². The number of hydrogen-bond acceptors (Lipinski definition) is 5. The van der Waals surface area contributed by atoms with E-state index in [0.29, 0.717) is 18.0 Å². The first kappa shape index (κ1) is 19.2. The van der Waals surface area contributed by atoms with Crippen molar-refractivity contribution >= 4 is 5.91 Å². The first-order valence-electron chi connectivity index (χ1n) is 8.69. The maximum atomic E-state index is 12.6. The maximum Gasteiger partial charge on any atom is 0.276 e. The fraction of sp³-hybridized carbons (Fsp3) is 0.190. The molecule has 0 atom stereocenters. The van der Waals surface area contributed by atoms with Crippen LogP contribution >= 0.6 is 0 Å². The Bertz CT molecular complexity index is 1040. The minimum atomic E-state index is -0.543. The third-order valence-electron chi connectivity index (χ3n) is 4.34. The van der Waals surface area contributed by atoms with Crippen molar-refractivity contribution in [2.75, 3.05) is 14.2 Å². The van der Waals surface area contributed by atoms with E-state index in [-0.39, 0.29) is 11.6 Å².